The second-order valence-electron chi connectivity index (χ2n) is 15.2. The van der Waals surface area contributed by atoms with E-state index in [1.165, 1.54) is 4.90 Å². The first-order valence-corrected chi connectivity index (χ1v) is 20.2. The summed E-state index contributed by atoms with van der Waals surface area (Å²) in [6.07, 6.45) is 2.64. The minimum absolute atomic E-state index is 0.0349. The van der Waals surface area contributed by atoms with Crippen molar-refractivity contribution in [3.63, 3.8) is 0 Å². The standard InChI is InChI=1S/C40H52N4O7Si/c1-13-35(45)42-32-17-14-16-26(2)36(32)44(38(47)51-39(3,4)5)34-24-33-28(25-41-34)22-31(27-20-29(48-9)23-30(21-27)49-10)37(46)43(33)18-15-19-50-52(11,12)40(6,7)8/h13-14,16-17,20-25H,1,15,18-19H2,2-12H3,(H,42,45). The van der Waals surface area contributed by atoms with Crippen molar-refractivity contribution in [1.82, 2.24) is 9.55 Å². The molecule has 4 rings (SSSR count). The first-order chi connectivity index (χ1) is 24.3. The molecule has 0 unspecified atom stereocenters. The van der Waals surface area contributed by atoms with E-state index < -0.39 is 25.9 Å². The van der Waals surface area contributed by atoms with E-state index in [1.54, 1.807) is 88.2 Å². The Bertz CT molecular complexity index is 2000. The number of rotatable bonds is 12. The van der Waals surface area contributed by atoms with Gasteiger partial charge in [-0.25, -0.2) is 14.7 Å². The van der Waals surface area contributed by atoms with Crippen LogP contribution in [0.2, 0.25) is 18.1 Å². The van der Waals surface area contributed by atoms with Crippen molar-refractivity contribution in [2.75, 3.05) is 31.0 Å². The number of aryl methyl sites for hydroxylation is 2. The van der Waals surface area contributed by atoms with Crippen LogP contribution in [0.25, 0.3) is 22.0 Å². The summed E-state index contributed by atoms with van der Waals surface area (Å²) >= 11 is 0. The SMILES string of the molecule is C=CC(=O)Nc1cccc(C)c1N(C(=O)OC(C)(C)C)c1cc2c(cn1)cc(-c1cc(OC)cc(OC)c1)c(=O)n2CCCO[Si](C)(C)C(C)(C)C. The zero-order valence-corrected chi connectivity index (χ0v) is 33.3. The van der Waals surface area contributed by atoms with Crippen LogP contribution in [-0.2, 0) is 20.5 Å². The van der Waals surface area contributed by atoms with Crippen LogP contribution in [-0.4, -0.2) is 56.3 Å². The Morgan fingerprint density at radius 2 is 1.65 bits per heavy atom. The maximum absolute atomic E-state index is 14.5. The molecule has 2 heterocycles. The van der Waals surface area contributed by atoms with Crippen LogP contribution in [0.1, 0.15) is 53.5 Å². The van der Waals surface area contributed by atoms with E-state index in [0.29, 0.717) is 70.0 Å². The van der Waals surface area contributed by atoms with Gasteiger partial charge in [-0.2, -0.15) is 0 Å². The van der Waals surface area contributed by atoms with Crippen molar-refractivity contribution in [2.24, 2.45) is 0 Å². The minimum atomic E-state index is -2.03. The number of hydrogen-bond acceptors (Lipinski definition) is 8. The number of nitrogens with one attached hydrogen (secondary N) is 1. The van der Waals surface area contributed by atoms with E-state index in [2.05, 4.69) is 45.8 Å². The molecule has 0 aliphatic carbocycles. The second-order valence-corrected chi connectivity index (χ2v) is 20.0. The van der Waals surface area contributed by atoms with Crippen LogP contribution in [0.3, 0.4) is 0 Å². The van der Waals surface area contributed by atoms with Gasteiger partial charge in [-0.3, -0.25) is 9.59 Å². The fourth-order valence-corrected chi connectivity index (χ4v) is 6.48. The van der Waals surface area contributed by atoms with Gasteiger partial charge in [0.15, 0.2) is 8.32 Å². The highest BCUT2D eigenvalue weighted by Gasteiger charge is 2.37. The number of nitrogens with zero attached hydrogens (tertiary/aromatic N) is 3. The van der Waals surface area contributed by atoms with Crippen LogP contribution in [0.15, 0.2) is 72.2 Å². The average molecular weight is 729 g/mol. The van der Waals surface area contributed by atoms with Crippen molar-refractivity contribution in [3.05, 3.63) is 83.3 Å². The molecule has 2 aromatic heterocycles. The zero-order chi connectivity index (χ0) is 38.6. The van der Waals surface area contributed by atoms with E-state index >= 15 is 0 Å². The molecule has 12 heteroatoms. The highest BCUT2D eigenvalue weighted by molar-refractivity contribution is 6.74. The molecule has 0 aliphatic rings. The largest absolute Gasteiger partial charge is 0.497 e. The van der Waals surface area contributed by atoms with Crippen molar-refractivity contribution < 1.29 is 28.2 Å². The van der Waals surface area contributed by atoms with Crippen LogP contribution < -0.4 is 25.2 Å². The third-order valence-electron chi connectivity index (χ3n) is 9.13. The van der Waals surface area contributed by atoms with Gasteiger partial charge in [0.2, 0.25) is 5.91 Å². The summed E-state index contributed by atoms with van der Waals surface area (Å²) in [6, 6.07) is 14.1. The van der Waals surface area contributed by atoms with E-state index in [0.717, 1.165) is 6.08 Å². The maximum atomic E-state index is 14.5. The molecule has 0 aliphatic heterocycles. The summed E-state index contributed by atoms with van der Waals surface area (Å²) in [5.41, 5.74) is 1.93. The molecule has 2 aromatic carbocycles. The van der Waals surface area contributed by atoms with Crippen molar-refractivity contribution in [1.29, 1.82) is 0 Å². The number of carbonyl (C=O) groups excluding carboxylic acids is 2. The Morgan fingerprint density at radius 1 is 1.00 bits per heavy atom. The van der Waals surface area contributed by atoms with Crippen LogP contribution >= 0.6 is 0 Å². The third kappa shape index (κ3) is 9.10. The normalized spacial score (nSPS) is 12.0. The number of aromatic nitrogens is 2. The van der Waals surface area contributed by atoms with Gasteiger partial charge >= 0.3 is 6.09 Å². The summed E-state index contributed by atoms with van der Waals surface area (Å²) in [5.74, 6) is 0.842. The number of fused-ring (bicyclic) bond motifs is 1. The lowest BCUT2D eigenvalue weighted by Gasteiger charge is -2.36. The van der Waals surface area contributed by atoms with E-state index in [1.807, 2.05) is 13.0 Å². The summed E-state index contributed by atoms with van der Waals surface area (Å²) in [7, 11) is 1.09. The Kier molecular flexibility index (Phi) is 12.1. The highest BCUT2D eigenvalue weighted by Crippen LogP contribution is 2.38. The molecular formula is C40H52N4O7Si. The molecule has 4 aromatic rings. The maximum Gasteiger partial charge on any atom is 0.420 e. The molecular weight excluding hydrogens is 677 g/mol. The molecule has 0 spiro atoms. The van der Waals surface area contributed by atoms with E-state index in [9.17, 15) is 14.4 Å². The topological polar surface area (TPSA) is 121 Å². The van der Waals surface area contributed by atoms with Crippen molar-refractivity contribution in [2.45, 2.75) is 85.2 Å². The Morgan fingerprint density at radius 3 is 2.23 bits per heavy atom. The Balaban J connectivity index is 1.96. The minimum Gasteiger partial charge on any atom is -0.497 e. The van der Waals surface area contributed by atoms with Gasteiger partial charge in [-0.15, -0.1) is 0 Å². The molecule has 11 nitrogen and oxygen atoms in total. The molecule has 1 N–H and O–H groups in total. The molecule has 0 saturated carbocycles. The Hall–Kier alpha value is -4.94. The fourth-order valence-electron chi connectivity index (χ4n) is 5.39. The zero-order valence-electron chi connectivity index (χ0n) is 32.3. The third-order valence-corrected chi connectivity index (χ3v) is 13.7. The van der Waals surface area contributed by atoms with Gasteiger partial charge in [0.1, 0.15) is 22.9 Å². The predicted molar refractivity (Wildman–Crippen MR) is 211 cm³/mol. The number of carbonyl (C=O) groups is 2. The average Bonchev–Trinajstić information content (AvgIpc) is 3.06. The molecule has 278 valence electrons. The van der Waals surface area contributed by atoms with Crippen molar-refractivity contribution >= 4 is 48.4 Å². The Labute approximate surface area is 307 Å². The monoisotopic (exact) mass is 728 g/mol. The van der Waals surface area contributed by atoms with E-state index in [4.69, 9.17) is 23.6 Å². The first kappa shape index (κ1) is 39.8. The van der Waals surface area contributed by atoms with Crippen LogP contribution in [0.4, 0.5) is 22.0 Å². The van der Waals surface area contributed by atoms with Gasteiger partial charge in [0, 0.05) is 42.4 Å². The molecule has 0 fully saturated rings. The number of amides is 2. The van der Waals surface area contributed by atoms with Crippen LogP contribution in [0, 0.1) is 6.92 Å². The molecule has 2 amide bonds. The lowest BCUT2D eigenvalue weighted by atomic mass is 10.0. The second kappa shape index (κ2) is 15.7. The van der Waals surface area contributed by atoms with Gasteiger partial charge in [0.05, 0.1) is 31.1 Å². The molecule has 52 heavy (non-hydrogen) atoms. The number of ether oxygens (including phenoxy) is 3. The number of methoxy groups -OCH3 is 2. The van der Waals surface area contributed by atoms with Gasteiger partial charge < -0.3 is 28.5 Å². The van der Waals surface area contributed by atoms with Crippen molar-refractivity contribution in [3.8, 4) is 22.6 Å². The summed E-state index contributed by atoms with van der Waals surface area (Å²) in [4.78, 5) is 47.2. The summed E-state index contributed by atoms with van der Waals surface area (Å²) < 4.78 is 25.1. The lowest BCUT2D eigenvalue weighted by molar-refractivity contribution is -0.111. The summed E-state index contributed by atoms with van der Waals surface area (Å²) in [6.45, 7) is 22.5. The van der Waals surface area contributed by atoms with Gasteiger partial charge in [-0.1, -0.05) is 39.5 Å². The van der Waals surface area contributed by atoms with E-state index in [-0.39, 0.29) is 16.4 Å². The quantitative estimate of drug-likeness (QED) is 0.0872. The molecule has 0 atom stereocenters. The molecule has 0 saturated heterocycles. The van der Waals surface area contributed by atoms with Crippen LogP contribution in [0.5, 0.6) is 11.5 Å². The smallest absolute Gasteiger partial charge is 0.420 e. The number of benzene rings is 2. The van der Waals surface area contributed by atoms with Gasteiger partial charge in [-0.05, 0) is 93.7 Å². The molecule has 0 radical (unpaired) electrons. The lowest BCUT2D eigenvalue weighted by Crippen LogP contribution is -2.41. The number of hydrogen-bond donors (Lipinski definition) is 1. The number of anilines is 3. The predicted octanol–water partition coefficient (Wildman–Crippen LogP) is 9.00. The summed E-state index contributed by atoms with van der Waals surface area (Å²) in [5, 5.41) is 3.51. The van der Waals surface area contributed by atoms with Gasteiger partial charge in [0.25, 0.3) is 5.56 Å². The number of para-hydroxylation sites is 1. The molecule has 0 bridgehead atoms. The number of pyridine rings is 2. The fraction of sp³-hybridized carbons (Fsp3) is 0.400. The highest BCUT2D eigenvalue weighted by atomic mass is 28.4. The first-order valence-electron chi connectivity index (χ1n) is 17.3.